The number of aromatic amines is 1. The molecular formula is C19H14FN5O3. The third kappa shape index (κ3) is 2.86. The van der Waals surface area contributed by atoms with Crippen LogP contribution in [0, 0.1) is 5.82 Å². The van der Waals surface area contributed by atoms with Gasteiger partial charge in [-0.3, -0.25) is 9.89 Å². The van der Waals surface area contributed by atoms with Gasteiger partial charge in [0.15, 0.2) is 11.6 Å². The Hall–Kier alpha value is -3.75. The molecule has 1 atom stereocenters. The molecule has 4 heterocycles. The second-order valence-electron chi connectivity index (χ2n) is 6.48. The second kappa shape index (κ2) is 6.45. The normalized spacial score (nSPS) is 16.8. The maximum Gasteiger partial charge on any atom is 0.275 e. The molecular weight excluding hydrogens is 365 g/mol. The molecule has 0 saturated carbocycles. The lowest BCUT2D eigenvalue weighted by Crippen LogP contribution is -2.24. The van der Waals surface area contributed by atoms with Gasteiger partial charge in [-0.1, -0.05) is 5.16 Å². The first-order chi connectivity index (χ1) is 13.7. The molecule has 1 unspecified atom stereocenters. The highest BCUT2D eigenvalue weighted by molar-refractivity contribution is 5.96. The van der Waals surface area contributed by atoms with Gasteiger partial charge < -0.3 is 13.8 Å². The monoisotopic (exact) mass is 379 g/mol. The highest BCUT2D eigenvalue weighted by atomic mass is 19.1. The maximum absolute atomic E-state index is 13.1. The molecule has 0 spiro atoms. The molecule has 1 aromatic carbocycles. The van der Waals surface area contributed by atoms with E-state index in [0.29, 0.717) is 35.2 Å². The van der Waals surface area contributed by atoms with E-state index in [0.717, 1.165) is 0 Å². The molecule has 0 aliphatic carbocycles. The fourth-order valence-electron chi connectivity index (χ4n) is 3.24. The number of H-pyrrole nitrogens is 1. The fourth-order valence-corrected chi connectivity index (χ4v) is 3.24. The van der Waals surface area contributed by atoms with E-state index in [-0.39, 0.29) is 30.0 Å². The Bertz CT molecular complexity index is 1120. The van der Waals surface area contributed by atoms with Crippen molar-refractivity contribution < 1.29 is 18.1 Å². The summed E-state index contributed by atoms with van der Waals surface area (Å²) >= 11 is 0. The quantitative estimate of drug-likeness (QED) is 0.583. The summed E-state index contributed by atoms with van der Waals surface area (Å²) in [6.07, 6.45) is 1.83. The van der Waals surface area contributed by atoms with E-state index in [1.54, 1.807) is 41.5 Å². The van der Waals surface area contributed by atoms with Gasteiger partial charge >= 0.3 is 0 Å². The zero-order valence-corrected chi connectivity index (χ0v) is 14.5. The predicted molar refractivity (Wildman–Crippen MR) is 95.7 cm³/mol. The van der Waals surface area contributed by atoms with Crippen LogP contribution < -0.4 is 4.90 Å². The first kappa shape index (κ1) is 16.4. The van der Waals surface area contributed by atoms with E-state index in [9.17, 15) is 9.18 Å². The minimum absolute atomic E-state index is 0.0652. The van der Waals surface area contributed by atoms with E-state index in [4.69, 9.17) is 8.94 Å². The number of halogens is 1. The second-order valence-corrected chi connectivity index (χ2v) is 6.48. The molecule has 1 fully saturated rings. The molecule has 1 aliphatic heterocycles. The van der Waals surface area contributed by atoms with Crippen molar-refractivity contribution in [2.45, 2.75) is 12.3 Å². The van der Waals surface area contributed by atoms with E-state index in [2.05, 4.69) is 20.3 Å². The number of hydrogen-bond acceptors (Lipinski definition) is 6. The number of hydrogen-bond donors (Lipinski definition) is 1. The number of nitrogens with one attached hydrogen (secondary N) is 1. The molecule has 1 saturated heterocycles. The minimum Gasteiger partial charge on any atom is -0.463 e. The van der Waals surface area contributed by atoms with Gasteiger partial charge in [-0.25, -0.2) is 4.39 Å². The summed E-state index contributed by atoms with van der Waals surface area (Å²) in [6, 6.07) is 11.1. The first-order valence-electron chi connectivity index (χ1n) is 8.66. The summed E-state index contributed by atoms with van der Waals surface area (Å²) in [5.74, 6) is 0.740. The summed E-state index contributed by atoms with van der Waals surface area (Å²) in [7, 11) is 0. The zero-order valence-electron chi connectivity index (χ0n) is 14.5. The van der Waals surface area contributed by atoms with E-state index < -0.39 is 0 Å². The van der Waals surface area contributed by atoms with Crippen molar-refractivity contribution in [3.05, 3.63) is 60.4 Å². The van der Waals surface area contributed by atoms with E-state index in [1.807, 2.05) is 0 Å². The van der Waals surface area contributed by atoms with Crippen LogP contribution in [0.15, 0.2) is 57.7 Å². The Balaban J connectivity index is 1.35. The molecule has 9 heteroatoms. The average molecular weight is 379 g/mol. The number of carbonyl (C=O) groups is 1. The number of furan rings is 1. The summed E-state index contributed by atoms with van der Waals surface area (Å²) in [5, 5.41) is 11.0. The average Bonchev–Trinajstić information content (AvgIpc) is 3.47. The molecule has 4 aromatic rings. The Labute approximate surface area is 158 Å². The van der Waals surface area contributed by atoms with Gasteiger partial charge in [0, 0.05) is 30.6 Å². The highest BCUT2D eigenvalue weighted by Crippen LogP contribution is 2.32. The Kier molecular flexibility index (Phi) is 3.78. The van der Waals surface area contributed by atoms with Crippen LogP contribution in [0.2, 0.25) is 0 Å². The van der Waals surface area contributed by atoms with E-state index in [1.165, 1.54) is 12.1 Å². The molecule has 1 aliphatic rings. The van der Waals surface area contributed by atoms with Gasteiger partial charge in [-0.2, -0.15) is 10.1 Å². The molecule has 1 N–H and O–H groups in total. The van der Waals surface area contributed by atoms with Crippen LogP contribution in [-0.4, -0.2) is 32.8 Å². The fraction of sp³-hybridized carbons (Fsp3) is 0.158. The van der Waals surface area contributed by atoms with Gasteiger partial charge in [0.2, 0.25) is 5.91 Å². The maximum atomic E-state index is 13.1. The van der Waals surface area contributed by atoms with Crippen molar-refractivity contribution in [2.24, 2.45) is 0 Å². The number of carbonyl (C=O) groups excluding carboxylic acids is 1. The number of aromatic nitrogens is 4. The molecule has 140 valence electrons. The molecule has 0 bridgehead atoms. The van der Waals surface area contributed by atoms with E-state index >= 15 is 0 Å². The molecule has 28 heavy (non-hydrogen) atoms. The summed E-state index contributed by atoms with van der Waals surface area (Å²) in [4.78, 5) is 18.4. The van der Waals surface area contributed by atoms with Crippen LogP contribution in [0.25, 0.3) is 23.0 Å². The van der Waals surface area contributed by atoms with Crippen LogP contribution in [0.5, 0.6) is 0 Å². The zero-order chi connectivity index (χ0) is 19.1. The lowest BCUT2D eigenvalue weighted by molar-refractivity contribution is -0.117. The summed E-state index contributed by atoms with van der Waals surface area (Å²) < 4.78 is 23.8. The topological polar surface area (TPSA) is 101 Å². The lowest BCUT2D eigenvalue weighted by atomic mass is 10.1. The van der Waals surface area contributed by atoms with Crippen molar-refractivity contribution in [3.63, 3.8) is 0 Å². The predicted octanol–water partition coefficient (Wildman–Crippen LogP) is 3.38. The van der Waals surface area contributed by atoms with Gasteiger partial charge in [0.25, 0.3) is 5.89 Å². The third-order valence-corrected chi connectivity index (χ3v) is 4.65. The number of nitrogens with zero attached hydrogens (tertiary/aromatic N) is 4. The molecule has 5 rings (SSSR count). The van der Waals surface area contributed by atoms with Crippen LogP contribution in [0.1, 0.15) is 18.2 Å². The van der Waals surface area contributed by atoms with Crippen molar-refractivity contribution in [1.29, 1.82) is 0 Å². The largest absolute Gasteiger partial charge is 0.463 e. The summed E-state index contributed by atoms with van der Waals surface area (Å²) in [5.41, 5.74) is 1.83. The van der Waals surface area contributed by atoms with Gasteiger partial charge in [-0.15, -0.1) is 0 Å². The molecule has 1 amide bonds. The lowest BCUT2D eigenvalue weighted by Gasteiger charge is -2.15. The number of amides is 1. The minimum atomic E-state index is -0.344. The number of anilines is 1. The smallest absolute Gasteiger partial charge is 0.275 e. The molecule has 0 radical (unpaired) electrons. The first-order valence-corrected chi connectivity index (χ1v) is 8.66. The van der Waals surface area contributed by atoms with Crippen LogP contribution in [0.4, 0.5) is 10.1 Å². The van der Waals surface area contributed by atoms with Crippen molar-refractivity contribution in [2.75, 3.05) is 11.4 Å². The SMILES string of the molecule is O=C1CC(c2noc(-c3cc(-c4ccco4)n[nH]3)n2)CN1c1ccc(F)cc1. The van der Waals surface area contributed by atoms with Crippen molar-refractivity contribution in [3.8, 4) is 23.0 Å². The van der Waals surface area contributed by atoms with Crippen LogP contribution in [-0.2, 0) is 4.79 Å². The Morgan fingerprint density at radius 3 is 2.86 bits per heavy atom. The number of benzene rings is 1. The Morgan fingerprint density at radius 2 is 2.07 bits per heavy atom. The number of rotatable bonds is 4. The molecule has 3 aromatic heterocycles. The van der Waals surface area contributed by atoms with Crippen LogP contribution in [0.3, 0.4) is 0 Å². The van der Waals surface area contributed by atoms with Crippen LogP contribution >= 0.6 is 0 Å². The standard InChI is InChI=1S/C19H14FN5O3/c20-12-3-5-13(6-4-12)25-10-11(8-17(25)26)18-21-19(28-24-18)15-9-14(22-23-15)16-2-1-7-27-16/h1-7,9,11H,8,10H2,(H,22,23). The summed E-state index contributed by atoms with van der Waals surface area (Å²) in [6.45, 7) is 0.407. The van der Waals surface area contributed by atoms with Gasteiger partial charge in [-0.05, 0) is 36.4 Å². The Morgan fingerprint density at radius 1 is 1.21 bits per heavy atom. The van der Waals surface area contributed by atoms with Crippen molar-refractivity contribution in [1.82, 2.24) is 20.3 Å². The van der Waals surface area contributed by atoms with Crippen molar-refractivity contribution >= 4 is 11.6 Å². The third-order valence-electron chi connectivity index (χ3n) is 4.65. The van der Waals surface area contributed by atoms with Gasteiger partial charge in [0.05, 0.1) is 6.26 Å². The van der Waals surface area contributed by atoms with Gasteiger partial charge in [0.1, 0.15) is 17.2 Å². The molecule has 8 nitrogen and oxygen atoms in total. The highest BCUT2D eigenvalue weighted by Gasteiger charge is 2.34.